The summed E-state index contributed by atoms with van der Waals surface area (Å²) >= 11 is 0. The molecule has 0 radical (unpaired) electrons. The molecule has 0 aliphatic heterocycles. The zero-order valence-corrected chi connectivity index (χ0v) is 11.2. The SMILES string of the molecule is C[C@H](N)C(=O)NC1(c2ccccn2)CC1.Cl.Cl. The van der Waals surface area contributed by atoms with Crippen LogP contribution in [0.15, 0.2) is 24.4 Å². The van der Waals surface area contributed by atoms with Gasteiger partial charge in [0.25, 0.3) is 0 Å². The van der Waals surface area contributed by atoms with Gasteiger partial charge < -0.3 is 11.1 Å². The lowest BCUT2D eigenvalue weighted by Crippen LogP contribution is -2.44. The Bertz CT molecular complexity index is 366. The Balaban J connectivity index is 0.00000128. The zero-order valence-electron chi connectivity index (χ0n) is 9.55. The number of nitrogens with one attached hydrogen (secondary N) is 1. The van der Waals surface area contributed by atoms with E-state index in [2.05, 4.69) is 10.3 Å². The van der Waals surface area contributed by atoms with Gasteiger partial charge in [-0.1, -0.05) is 6.07 Å². The Morgan fingerprint density at radius 2 is 2.12 bits per heavy atom. The highest BCUT2D eigenvalue weighted by atomic mass is 35.5. The van der Waals surface area contributed by atoms with Gasteiger partial charge in [0, 0.05) is 6.20 Å². The van der Waals surface area contributed by atoms with Gasteiger partial charge in [-0.25, -0.2) is 0 Å². The summed E-state index contributed by atoms with van der Waals surface area (Å²) < 4.78 is 0. The molecule has 2 rings (SSSR count). The van der Waals surface area contributed by atoms with Gasteiger partial charge in [-0.3, -0.25) is 9.78 Å². The third kappa shape index (κ3) is 3.56. The number of pyridine rings is 1. The lowest BCUT2D eigenvalue weighted by atomic mass is 10.1. The molecule has 1 saturated carbocycles. The van der Waals surface area contributed by atoms with Gasteiger partial charge in [-0.2, -0.15) is 0 Å². The molecule has 1 fully saturated rings. The summed E-state index contributed by atoms with van der Waals surface area (Å²) in [5.74, 6) is -0.113. The van der Waals surface area contributed by atoms with Crippen LogP contribution in [0.2, 0.25) is 0 Å². The van der Waals surface area contributed by atoms with Crippen LogP contribution < -0.4 is 11.1 Å². The van der Waals surface area contributed by atoms with Crippen molar-refractivity contribution < 1.29 is 4.79 Å². The second-order valence-corrected chi connectivity index (χ2v) is 4.08. The van der Waals surface area contributed by atoms with Gasteiger partial charge in [-0.15, -0.1) is 24.8 Å². The third-order valence-corrected chi connectivity index (χ3v) is 2.68. The van der Waals surface area contributed by atoms with Crippen molar-refractivity contribution in [1.29, 1.82) is 0 Å². The van der Waals surface area contributed by atoms with Crippen molar-refractivity contribution in [2.24, 2.45) is 5.73 Å². The van der Waals surface area contributed by atoms with Crippen molar-refractivity contribution in [2.45, 2.75) is 31.3 Å². The van der Waals surface area contributed by atoms with E-state index in [1.54, 1.807) is 13.1 Å². The molecule has 1 aromatic heterocycles. The predicted octanol–water partition coefficient (Wildman–Crippen LogP) is 1.38. The maximum atomic E-state index is 11.5. The van der Waals surface area contributed by atoms with E-state index in [0.717, 1.165) is 18.5 Å². The second-order valence-electron chi connectivity index (χ2n) is 4.08. The molecule has 96 valence electrons. The van der Waals surface area contributed by atoms with Crippen LogP contribution in [-0.2, 0) is 10.3 Å². The third-order valence-electron chi connectivity index (χ3n) is 2.68. The molecule has 1 aliphatic rings. The van der Waals surface area contributed by atoms with E-state index in [4.69, 9.17) is 5.73 Å². The number of carbonyl (C=O) groups excluding carboxylic acids is 1. The van der Waals surface area contributed by atoms with Crippen molar-refractivity contribution in [3.63, 3.8) is 0 Å². The molecule has 0 bridgehead atoms. The first-order chi connectivity index (χ1) is 7.14. The summed E-state index contributed by atoms with van der Waals surface area (Å²) in [5.41, 5.74) is 6.20. The molecule has 1 amide bonds. The molecule has 1 heterocycles. The Labute approximate surface area is 113 Å². The lowest BCUT2D eigenvalue weighted by molar-refractivity contribution is -0.123. The fraction of sp³-hybridized carbons (Fsp3) is 0.455. The number of nitrogens with two attached hydrogens (primary N) is 1. The van der Waals surface area contributed by atoms with E-state index in [9.17, 15) is 4.79 Å². The summed E-state index contributed by atoms with van der Waals surface area (Å²) in [4.78, 5) is 15.8. The molecule has 0 saturated heterocycles. The molecule has 1 atom stereocenters. The van der Waals surface area contributed by atoms with Crippen molar-refractivity contribution in [1.82, 2.24) is 10.3 Å². The molecule has 17 heavy (non-hydrogen) atoms. The number of hydrogen-bond donors (Lipinski definition) is 2. The number of aromatic nitrogens is 1. The maximum Gasteiger partial charge on any atom is 0.237 e. The normalized spacial score (nSPS) is 17.1. The average molecular weight is 278 g/mol. The van der Waals surface area contributed by atoms with Gasteiger partial charge in [0.05, 0.1) is 17.3 Å². The molecule has 1 aromatic rings. The van der Waals surface area contributed by atoms with Crippen LogP contribution >= 0.6 is 24.8 Å². The van der Waals surface area contributed by atoms with Crippen molar-refractivity contribution in [3.8, 4) is 0 Å². The summed E-state index contributed by atoms with van der Waals surface area (Å²) in [6.45, 7) is 1.68. The second kappa shape index (κ2) is 6.19. The Kier molecular flexibility index (Phi) is 5.88. The molecular weight excluding hydrogens is 261 g/mol. The largest absolute Gasteiger partial charge is 0.344 e. The zero-order chi connectivity index (χ0) is 10.9. The van der Waals surface area contributed by atoms with Gasteiger partial charge >= 0.3 is 0 Å². The molecule has 0 aromatic carbocycles. The summed E-state index contributed by atoms with van der Waals surface area (Å²) in [5, 5.41) is 2.96. The number of rotatable bonds is 3. The van der Waals surface area contributed by atoms with E-state index >= 15 is 0 Å². The van der Waals surface area contributed by atoms with E-state index in [-0.39, 0.29) is 36.3 Å². The minimum atomic E-state index is -0.466. The number of halogens is 2. The van der Waals surface area contributed by atoms with Crippen LogP contribution in [0.5, 0.6) is 0 Å². The molecule has 0 unspecified atom stereocenters. The molecule has 6 heteroatoms. The minimum absolute atomic E-state index is 0. The fourth-order valence-electron chi connectivity index (χ4n) is 1.57. The fourth-order valence-corrected chi connectivity index (χ4v) is 1.57. The highest BCUT2D eigenvalue weighted by molar-refractivity contribution is 5.85. The maximum absolute atomic E-state index is 11.5. The molecule has 0 spiro atoms. The number of nitrogens with zero attached hydrogens (tertiary/aromatic N) is 1. The molecular formula is C11H17Cl2N3O. The quantitative estimate of drug-likeness (QED) is 0.877. The van der Waals surface area contributed by atoms with Gasteiger partial charge in [0.1, 0.15) is 0 Å². The lowest BCUT2D eigenvalue weighted by Gasteiger charge is -2.18. The number of amides is 1. The van der Waals surface area contributed by atoms with E-state index in [1.807, 2.05) is 18.2 Å². The number of carbonyl (C=O) groups is 1. The van der Waals surface area contributed by atoms with Gasteiger partial charge in [0.15, 0.2) is 0 Å². The average Bonchev–Trinajstić information content (AvgIpc) is 3.00. The first-order valence-corrected chi connectivity index (χ1v) is 5.13. The minimum Gasteiger partial charge on any atom is -0.344 e. The van der Waals surface area contributed by atoms with E-state index in [1.165, 1.54) is 0 Å². The number of hydrogen-bond acceptors (Lipinski definition) is 3. The van der Waals surface area contributed by atoms with Crippen LogP contribution in [0.3, 0.4) is 0 Å². The highest BCUT2D eigenvalue weighted by Crippen LogP contribution is 2.44. The van der Waals surface area contributed by atoms with Crippen LogP contribution in [0.25, 0.3) is 0 Å². The van der Waals surface area contributed by atoms with Gasteiger partial charge in [0.2, 0.25) is 5.91 Å². The molecule has 4 nitrogen and oxygen atoms in total. The summed E-state index contributed by atoms with van der Waals surface area (Å²) in [7, 11) is 0. The van der Waals surface area contributed by atoms with Crippen LogP contribution in [-0.4, -0.2) is 16.9 Å². The molecule has 3 N–H and O–H groups in total. The standard InChI is InChI=1S/C11H15N3O.2ClH/c1-8(12)10(15)14-11(5-6-11)9-4-2-3-7-13-9;;/h2-4,7-8H,5-6,12H2,1H3,(H,14,15);2*1H/t8-;;/m0../s1. The smallest absolute Gasteiger partial charge is 0.237 e. The summed E-state index contributed by atoms with van der Waals surface area (Å²) in [6.07, 6.45) is 3.64. The monoisotopic (exact) mass is 277 g/mol. The predicted molar refractivity (Wildman–Crippen MR) is 71.4 cm³/mol. The highest BCUT2D eigenvalue weighted by Gasteiger charge is 2.47. The van der Waals surface area contributed by atoms with Gasteiger partial charge in [-0.05, 0) is 31.9 Å². The molecule has 1 aliphatic carbocycles. The van der Waals surface area contributed by atoms with Crippen molar-refractivity contribution in [2.75, 3.05) is 0 Å². The van der Waals surface area contributed by atoms with E-state index < -0.39 is 6.04 Å². The van der Waals surface area contributed by atoms with Crippen molar-refractivity contribution >= 4 is 30.7 Å². The Morgan fingerprint density at radius 1 is 1.47 bits per heavy atom. The summed E-state index contributed by atoms with van der Waals surface area (Å²) in [6, 6.07) is 5.27. The topological polar surface area (TPSA) is 68.0 Å². The van der Waals surface area contributed by atoms with Crippen LogP contribution in [0.1, 0.15) is 25.5 Å². The Hall–Kier alpha value is -0.840. The van der Waals surface area contributed by atoms with Crippen LogP contribution in [0, 0.1) is 0 Å². The van der Waals surface area contributed by atoms with E-state index in [0.29, 0.717) is 0 Å². The van der Waals surface area contributed by atoms with Crippen LogP contribution in [0.4, 0.5) is 0 Å². The van der Waals surface area contributed by atoms with Crippen molar-refractivity contribution in [3.05, 3.63) is 30.1 Å². The first kappa shape index (κ1) is 16.2. The first-order valence-electron chi connectivity index (χ1n) is 5.13. The Morgan fingerprint density at radius 3 is 2.53 bits per heavy atom.